The Morgan fingerprint density at radius 1 is 1.11 bits per heavy atom. The number of aromatic nitrogens is 2. The summed E-state index contributed by atoms with van der Waals surface area (Å²) in [5.74, 6) is 0.402. The first-order valence-corrected chi connectivity index (χ1v) is 8.65. The standard InChI is InChI=1S/C20H21F2N3O2/c1-2-26-18-5-3-4-16(19(18)27-20(21)22)13-24-12-15-6-8-17(9-7-15)25-11-10-23-14-25/h3-11,14,20,24H,2,12-13H2,1H3. The molecule has 0 radical (unpaired) electrons. The molecule has 2 aromatic carbocycles. The van der Waals surface area contributed by atoms with E-state index < -0.39 is 6.61 Å². The van der Waals surface area contributed by atoms with E-state index >= 15 is 0 Å². The number of ether oxygens (including phenoxy) is 2. The van der Waals surface area contributed by atoms with Gasteiger partial charge in [-0.3, -0.25) is 0 Å². The Hall–Kier alpha value is -2.93. The molecule has 0 aliphatic carbocycles. The fourth-order valence-corrected chi connectivity index (χ4v) is 2.73. The molecular formula is C20H21F2N3O2. The van der Waals surface area contributed by atoms with Crippen LogP contribution in [0.15, 0.2) is 61.2 Å². The van der Waals surface area contributed by atoms with Gasteiger partial charge in [-0.05, 0) is 30.7 Å². The fraction of sp³-hybridized carbons (Fsp3) is 0.250. The van der Waals surface area contributed by atoms with Gasteiger partial charge in [0.15, 0.2) is 11.5 Å². The van der Waals surface area contributed by atoms with Gasteiger partial charge in [0.25, 0.3) is 0 Å². The Balaban J connectivity index is 1.63. The molecule has 0 atom stereocenters. The molecule has 0 unspecified atom stereocenters. The van der Waals surface area contributed by atoms with Crippen LogP contribution in [0, 0.1) is 0 Å². The summed E-state index contributed by atoms with van der Waals surface area (Å²) in [6.07, 6.45) is 5.34. The third kappa shape index (κ3) is 5.04. The summed E-state index contributed by atoms with van der Waals surface area (Å²) < 4.78 is 37.5. The molecule has 0 spiro atoms. The monoisotopic (exact) mass is 373 g/mol. The first-order chi connectivity index (χ1) is 13.2. The maximum Gasteiger partial charge on any atom is 0.387 e. The molecule has 27 heavy (non-hydrogen) atoms. The van der Waals surface area contributed by atoms with Crippen molar-refractivity contribution in [2.45, 2.75) is 26.6 Å². The van der Waals surface area contributed by atoms with E-state index in [0.717, 1.165) is 11.3 Å². The van der Waals surface area contributed by atoms with Crippen molar-refractivity contribution in [1.29, 1.82) is 0 Å². The molecule has 0 bridgehead atoms. The zero-order chi connectivity index (χ0) is 19.1. The largest absolute Gasteiger partial charge is 0.490 e. The molecule has 0 saturated heterocycles. The molecule has 0 amide bonds. The van der Waals surface area contributed by atoms with Gasteiger partial charge in [0, 0.05) is 36.7 Å². The van der Waals surface area contributed by atoms with Crippen molar-refractivity contribution in [2.75, 3.05) is 6.61 Å². The van der Waals surface area contributed by atoms with Gasteiger partial charge in [0.05, 0.1) is 12.9 Å². The molecule has 0 saturated carbocycles. The quantitative estimate of drug-likeness (QED) is 0.612. The maximum atomic E-state index is 12.8. The minimum Gasteiger partial charge on any atom is -0.490 e. The normalized spacial score (nSPS) is 11.0. The predicted molar refractivity (Wildman–Crippen MR) is 98.4 cm³/mol. The zero-order valence-electron chi connectivity index (χ0n) is 14.9. The molecule has 0 aliphatic heterocycles. The van der Waals surface area contributed by atoms with E-state index in [0.29, 0.717) is 31.0 Å². The number of para-hydroxylation sites is 1. The van der Waals surface area contributed by atoms with Crippen LogP contribution < -0.4 is 14.8 Å². The maximum absolute atomic E-state index is 12.8. The SMILES string of the molecule is CCOc1cccc(CNCc2ccc(-n3ccnc3)cc2)c1OC(F)F. The van der Waals surface area contributed by atoms with Crippen LogP contribution in [-0.4, -0.2) is 22.8 Å². The van der Waals surface area contributed by atoms with Crippen LogP contribution in [-0.2, 0) is 13.1 Å². The molecule has 3 aromatic rings. The van der Waals surface area contributed by atoms with Gasteiger partial charge in [-0.15, -0.1) is 0 Å². The average Bonchev–Trinajstić information content (AvgIpc) is 3.19. The van der Waals surface area contributed by atoms with Gasteiger partial charge >= 0.3 is 6.61 Å². The Morgan fingerprint density at radius 2 is 1.93 bits per heavy atom. The topological polar surface area (TPSA) is 48.3 Å². The molecule has 5 nitrogen and oxygen atoms in total. The van der Waals surface area contributed by atoms with Gasteiger partial charge in [-0.1, -0.05) is 24.3 Å². The van der Waals surface area contributed by atoms with Crippen molar-refractivity contribution in [2.24, 2.45) is 0 Å². The molecule has 3 rings (SSSR count). The van der Waals surface area contributed by atoms with E-state index in [1.54, 1.807) is 37.6 Å². The molecule has 0 aliphatic rings. The number of hydrogen-bond acceptors (Lipinski definition) is 4. The summed E-state index contributed by atoms with van der Waals surface area (Å²) >= 11 is 0. The highest BCUT2D eigenvalue weighted by Crippen LogP contribution is 2.32. The van der Waals surface area contributed by atoms with Crippen molar-refractivity contribution < 1.29 is 18.3 Å². The van der Waals surface area contributed by atoms with Crippen molar-refractivity contribution in [3.8, 4) is 17.2 Å². The van der Waals surface area contributed by atoms with Gasteiger partial charge in [-0.2, -0.15) is 8.78 Å². The van der Waals surface area contributed by atoms with Crippen LogP contribution in [0.1, 0.15) is 18.1 Å². The molecule has 1 aromatic heterocycles. The van der Waals surface area contributed by atoms with E-state index in [2.05, 4.69) is 15.0 Å². The Morgan fingerprint density at radius 3 is 2.59 bits per heavy atom. The van der Waals surface area contributed by atoms with E-state index in [4.69, 9.17) is 4.74 Å². The Labute approximate surface area is 156 Å². The van der Waals surface area contributed by atoms with Crippen molar-refractivity contribution >= 4 is 0 Å². The second kappa shape index (κ2) is 9.14. The lowest BCUT2D eigenvalue weighted by Crippen LogP contribution is -2.15. The molecule has 7 heteroatoms. The minimum atomic E-state index is -2.90. The predicted octanol–water partition coefficient (Wildman–Crippen LogP) is 4.16. The van der Waals surface area contributed by atoms with Gasteiger partial charge < -0.3 is 19.4 Å². The fourth-order valence-electron chi connectivity index (χ4n) is 2.73. The lowest BCUT2D eigenvalue weighted by molar-refractivity contribution is -0.0521. The zero-order valence-corrected chi connectivity index (χ0v) is 14.9. The summed E-state index contributed by atoms with van der Waals surface area (Å²) in [7, 11) is 0. The van der Waals surface area contributed by atoms with Crippen LogP contribution in [0.4, 0.5) is 8.78 Å². The molecule has 142 valence electrons. The Bertz CT molecular complexity index is 837. The van der Waals surface area contributed by atoms with Crippen LogP contribution in [0.5, 0.6) is 11.5 Å². The number of rotatable bonds is 9. The van der Waals surface area contributed by atoms with E-state index in [1.807, 2.05) is 35.0 Å². The minimum absolute atomic E-state index is 0.0808. The van der Waals surface area contributed by atoms with Crippen LogP contribution in [0.2, 0.25) is 0 Å². The number of hydrogen-bond donors (Lipinski definition) is 1. The summed E-state index contributed by atoms with van der Waals surface area (Å²) in [6, 6.07) is 13.2. The van der Waals surface area contributed by atoms with Crippen LogP contribution in [0.25, 0.3) is 5.69 Å². The highest BCUT2D eigenvalue weighted by Gasteiger charge is 2.15. The average molecular weight is 373 g/mol. The summed E-state index contributed by atoms with van der Waals surface area (Å²) in [5.41, 5.74) is 2.72. The second-order valence-corrected chi connectivity index (χ2v) is 5.80. The Kier molecular flexibility index (Phi) is 6.38. The van der Waals surface area contributed by atoms with Crippen LogP contribution in [0.3, 0.4) is 0 Å². The third-order valence-electron chi connectivity index (χ3n) is 3.95. The summed E-state index contributed by atoms with van der Waals surface area (Å²) in [4.78, 5) is 4.03. The lowest BCUT2D eigenvalue weighted by Gasteiger charge is -2.16. The number of alkyl halides is 2. The van der Waals surface area contributed by atoms with Crippen molar-refractivity contribution in [1.82, 2.24) is 14.9 Å². The van der Waals surface area contributed by atoms with Gasteiger partial charge in [0.2, 0.25) is 0 Å². The number of halogens is 2. The van der Waals surface area contributed by atoms with Gasteiger partial charge in [0.1, 0.15) is 0 Å². The van der Waals surface area contributed by atoms with Crippen molar-refractivity contribution in [3.05, 3.63) is 72.3 Å². The highest BCUT2D eigenvalue weighted by molar-refractivity contribution is 5.46. The molecule has 1 heterocycles. The number of imidazole rings is 1. The van der Waals surface area contributed by atoms with Crippen LogP contribution >= 0.6 is 0 Å². The third-order valence-corrected chi connectivity index (χ3v) is 3.95. The van der Waals surface area contributed by atoms with E-state index in [9.17, 15) is 8.78 Å². The number of benzene rings is 2. The number of nitrogens with one attached hydrogen (secondary N) is 1. The highest BCUT2D eigenvalue weighted by atomic mass is 19.3. The number of nitrogens with zero attached hydrogens (tertiary/aromatic N) is 2. The smallest absolute Gasteiger partial charge is 0.387 e. The molecular weight excluding hydrogens is 352 g/mol. The first-order valence-electron chi connectivity index (χ1n) is 8.65. The van der Waals surface area contributed by atoms with Gasteiger partial charge in [-0.25, -0.2) is 4.98 Å². The van der Waals surface area contributed by atoms with E-state index in [1.165, 1.54) is 0 Å². The summed E-state index contributed by atoms with van der Waals surface area (Å²) in [5, 5.41) is 3.26. The molecule has 0 fully saturated rings. The second-order valence-electron chi connectivity index (χ2n) is 5.80. The lowest BCUT2D eigenvalue weighted by atomic mass is 10.1. The molecule has 1 N–H and O–H groups in total. The first kappa shape index (κ1) is 18.8. The van der Waals surface area contributed by atoms with Crippen molar-refractivity contribution in [3.63, 3.8) is 0 Å². The summed E-state index contributed by atoms with van der Waals surface area (Å²) in [6.45, 7) is 0.245. The van der Waals surface area contributed by atoms with E-state index in [-0.39, 0.29) is 5.75 Å².